The van der Waals surface area contributed by atoms with Crippen LogP contribution in [0.1, 0.15) is 12.1 Å². The number of para-hydroxylation sites is 1. The Kier molecular flexibility index (Phi) is 3.42. The zero-order chi connectivity index (χ0) is 13.9. The molecule has 3 rings (SSSR count). The topological polar surface area (TPSA) is 72.7 Å². The first-order valence-corrected chi connectivity index (χ1v) is 7.10. The third-order valence-electron chi connectivity index (χ3n) is 2.84. The number of carbonyl (C=O) groups is 1. The SMILES string of the molecule is Cc1csc(NC(=O)CCn2nnc3ccccc32)n1. The van der Waals surface area contributed by atoms with Crippen molar-refractivity contribution in [3.8, 4) is 0 Å². The summed E-state index contributed by atoms with van der Waals surface area (Å²) < 4.78 is 1.74. The van der Waals surface area contributed by atoms with Crippen LogP contribution in [0.25, 0.3) is 11.0 Å². The van der Waals surface area contributed by atoms with Gasteiger partial charge in [-0.05, 0) is 19.1 Å². The maximum absolute atomic E-state index is 11.8. The van der Waals surface area contributed by atoms with Gasteiger partial charge >= 0.3 is 0 Å². The fraction of sp³-hybridized carbons (Fsp3) is 0.231. The highest BCUT2D eigenvalue weighted by Gasteiger charge is 2.08. The molecule has 2 aromatic heterocycles. The molecule has 2 heterocycles. The van der Waals surface area contributed by atoms with Crippen LogP contribution in [-0.4, -0.2) is 25.9 Å². The van der Waals surface area contributed by atoms with E-state index in [2.05, 4.69) is 20.6 Å². The maximum Gasteiger partial charge on any atom is 0.228 e. The molecule has 0 spiro atoms. The largest absolute Gasteiger partial charge is 0.302 e. The van der Waals surface area contributed by atoms with Gasteiger partial charge in [-0.3, -0.25) is 4.79 Å². The van der Waals surface area contributed by atoms with Crippen molar-refractivity contribution >= 4 is 33.4 Å². The minimum Gasteiger partial charge on any atom is -0.302 e. The molecule has 0 aliphatic carbocycles. The van der Waals surface area contributed by atoms with Crippen molar-refractivity contribution in [1.29, 1.82) is 0 Å². The Bertz CT molecular complexity index is 748. The van der Waals surface area contributed by atoms with E-state index in [1.807, 2.05) is 36.6 Å². The molecule has 102 valence electrons. The minimum absolute atomic E-state index is 0.0704. The van der Waals surface area contributed by atoms with Gasteiger partial charge in [-0.25, -0.2) is 9.67 Å². The van der Waals surface area contributed by atoms with E-state index in [4.69, 9.17) is 0 Å². The van der Waals surface area contributed by atoms with Crippen molar-refractivity contribution in [2.24, 2.45) is 0 Å². The summed E-state index contributed by atoms with van der Waals surface area (Å²) in [6.07, 6.45) is 0.339. The van der Waals surface area contributed by atoms with E-state index in [1.54, 1.807) is 4.68 Å². The Morgan fingerprint density at radius 2 is 2.25 bits per heavy atom. The Morgan fingerprint density at radius 1 is 1.40 bits per heavy atom. The number of hydrogen-bond donors (Lipinski definition) is 1. The number of rotatable bonds is 4. The lowest BCUT2D eigenvalue weighted by Crippen LogP contribution is -2.15. The summed E-state index contributed by atoms with van der Waals surface area (Å²) in [6.45, 7) is 2.39. The lowest BCUT2D eigenvalue weighted by atomic mass is 10.3. The van der Waals surface area contributed by atoms with Gasteiger partial charge in [0.2, 0.25) is 5.91 Å². The highest BCUT2D eigenvalue weighted by atomic mass is 32.1. The van der Waals surface area contributed by atoms with Gasteiger partial charge in [-0.2, -0.15) is 0 Å². The third kappa shape index (κ3) is 2.67. The van der Waals surface area contributed by atoms with Crippen LogP contribution in [0, 0.1) is 6.92 Å². The quantitative estimate of drug-likeness (QED) is 0.798. The highest BCUT2D eigenvalue weighted by molar-refractivity contribution is 7.13. The molecule has 0 aliphatic heterocycles. The lowest BCUT2D eigenvalue weighted by molar-refractivity contribution is -0.116. The van der Waals surface area contributed by atoms with Crippen LogP contribution >= 0.6 is 11.3 Å². The predicted molar refractivity (Wildman–Crippen MR) is 77.6 cm³/mol. The van der Waals surface area contributed by atoms with Gasteiger partial charge in [0.25, 0.3) is 0 Å². The van der Waals surface area contributed by atoms with E-state index < -0.39 is 0 Å². The summed E-state index contributed by atoms with van der Waals surface area (Å²) in [6, 6.07) is 7.69. The van der Waals surface area contributed by atoms with Gasteiger partial charge in [0, 0.05) is 11.8 Å². The summed E-state index contributed by atoms with van der Waals surface area (Å²) in [4.78, 5) is 16.0. The molecule has 0 aliphatic rings. The van der Waals surface area contributed by atoms with Crippen LogP contribution in [0.4, 0.5) is 5.13 Å². The molecule has 0 saturated carbocycles. The van der Waals surface area contributed by atoms with Gasteiger partial charge in [0.1, 0.15) is 5.52 Å². The van der Waals surface area contributed by atoms with Crippen molar-refractivity contribution in [2.75, 3.05) is 5.32 Å². The zero-order valence-electron chi connectivity index (χ0n) is 10.9. The molecule has 0 unspecified atom stereocenters. The van der Waals surface area contributed by atoms with Crippen LogP contribution in [0.2, 0.25) is 0 Å². The van der Waals surface area contributed by atoms with Crippen LogP contribution in [0.5, 0.6) is 0 Å². The first-order valence-electron chi connectivity index (χ1n) is 6.22. The number of carbonyl (C=O) groups excluding carboxylic acids is 1. The summed E-state index contributed by atoms with van der Waals surface area (Å²) in [5.74, 6) is -0.0704. The molecule has 0 radical (unpaired) electrons. The van der Waals surface area contributed by atoms with Crippen LogP contribution in [-0.2, 0) is 11.3 Å². The molecular weight excluding hydrogens is 274 g/mol. The van der Waals surface area contributed by atoms with Gasteiger partial charge < -0.3 is 5.32 Å². The molecule has 0 fully saturated rings. The summed E-state index contributed by atoms with van der Waals surface area (Å²) in [7, 11) is 0. The van der Waals surface area contributed by atoms with Crippen LogP contribution < -0.4 is 5.32 Å². The van der Waals surface area contributed by atoms with E-state index in [-0.39, 0.29) is 5.91 Å². The number of hydrogen-bond acceptors (Lipinski definition) is 5. The number of benzene rings is 1. The molecule has 3 aromatic rings. The average Bonchev–Trinajstić information content (AvgIpc) is 3.03. The fourth-order valence-electron chi connectivity index (χ4n) is 1.88. The molecule has 1 amide bonds. The lowest BCUT2D eigenvalue weighted by Gasteiger charge is -2.02. The van der Waals surface area contributed by atoms with Crippen molar-refractivity contribution in [3.63, 3.8) is 0 Å². The van der Waals surface area contributed by atoms with E-state index in [0.29, 0.717) is 18.1 Å². The Morgan fingerprint density at radius 3 is 3.05 bits per heavy atom. The van der Waals surface area contributed by atoms with Gasteiger partial charge in [-0.15, -0.1) is 16.4 Å². The van der Waals surface area contributed by atoms with E-state index in [9.17, 15) is 4.79 Å². The Hall–Kier alpha value is -2.28. The van der Waals surface area contributed by atoms with Crippen molar-refractivity contribution in [2.45, 2.75) is 19.9 Å². The predicted octanol–water partition coefficient (Wildman–Crippen LogP) is 2.23. The smallest absolute Gasteiger partial charge is 0.228 e. The first-order chi connectivity index (χ1) is 9.72. The van der Waals surface area contributed by atoms with Crippen LogP contribution in [0.3, 0.4) is 0 Å². The first kappa shape index (κ1) is 12.7. The standard InChI is InChI=1S/C13H13N5OS/c1-9-8-20-13(14-9)15-12(19)6-7-18-11-5-3-2-4-10(11)16-17-18/h2-5,8H,6-7H2,1H3,(H,14,15,19). The Labute approximate surface area is 119 Å². The van der Waals surface area contributed by atoms with Crippen molar-refractivity contribution < 1.29 is 4.79 Å². The molecule has 1 N–H and O–H groups in total. The van der Waals surface area contributed by atoms with Crippen molar-refractivity contribution in [1.82, 2.24) is 20.0 Å². The van der Waals surface area contributed by atoms with Gasteiger partial charge in [-0.1, -0.05) is 17.3 Å². The highest BCUT2D eigenvalue weighted by Crippen LogP contribution is 2.15. The molecule has 6 nitrogen and oxygen atoms in total. The summed E-state index contributed by atoms with van der Waals surface area (Å²) >= 11 is 1.43. The third-order valence-corrected chi connectivity index (χ3v) is 3.71. The van der Waals surface area contributed by atoms with E-state index >= 15 is 0 Å². The molecule has 0 saturated heterocycles. The minimum atomic E-state index is -0.0704. The number of aryl methyl sites for hydroxylation is 2. The van der Waals surface area contributed by atoms with E-state index in [1.165, 1.54) is 11.3 Å². The zero-order valence-corrected chi connectivity index (χ0v) is 11.7. The molecular formula is C13H13N5OS. The number of fused-ring (bicyclic) bond motifs is 1. The molecule has 7 heteroatoms. The number of amides is 1. The second-order valence-corrected chi connectivity index (χ2v) is 5.25. The van der Waals surface area contributed by atoms with Gasteiger partial charge in [0.05, 0.1) is 17.8 Å². The van der Waals surface area contributed by atoms with Gasteiger partial charge in [0.15, 0.2) is 5.13 Å². The van der Waals surface area contributed by atoms with Crippen molar-refractivity contribution in [3.05, 3.63) is 35.3 Å². The normalized spacial score (nSPS) is 10.8. The summed E-state index contributed by atoms with van der Waals surface area (Å²) in [5.41, 5.74) is 2.68. The number of nitrogens with zero attached hydrogens (tertiary/aromatic N) is 4. The van der Waals surface area contributed by atoms with Crippen LogP contribution in [0.15, 0.2) is 29.6 Å². The molecule has 20 heavy (non-hydrogen) atoms. The monoisotopic (exact) mass is 287 g/mol. The number of aromatic nitrogens is 4. The Balaban J connectivity index is 1.63. The average molecular weight is 287 g/mol. The molecule has 1 aromatic carbocycles. The number of anilines is 1. The molecule has 0 bridgehead atoms. The second-order valence-electron chi connectivity index (χ2n) is 4.39. The maximum atomic E-state index is 11.8. The summed E-state index contributed by atoms with van der Waals surface area (Å²) in [5, 5.41) is 13.4. The number of thiazole rings is 1. The fourth-order valence-corrected chi connectivity index (χ4v) is 2.59. The molecule has 0 atom stereocenters. The van der Waals surface area contributed by atoms with E-state index in [0.717, 1.165) is 16.7 Å². The second kappa shape index (κ2) is 5.38. The number of nitrogens with one attached hydrogen (secondary N) is 1.